The summed E-state index contributed by atoms with van der Waals surface area (Å²) in [6.07, 6.45) is 3.67. The van der Waals surface area contributed by atoms with Crippen molar-refractivity contribution >= 4 is 32.7 Å². The Morgan fingerprint density at radius 1 is 0.404 bits per heavy atom. The molecule has 3 heterocycles. The molecular weight excluding hydrogens is 574 g/mol. The zero-order chi connectivity index (χ0) is 31.2. The van der Waals surface area contributed by atoms with Crippen molar-refractivity contribution in [2.24, 2.45) is 0 Å². The molecule has 0 radical (unpaired) electrons. The summed E-state index contributed by atoms with van der Waals surface area (Å²) in [7, 11) is 0. The molecule has 4 heteroatoms. The van der Waals surface area contributed by atoms with Crippen LogP contribution in [0.2, 0.25) is 0 Å². The van der Waals surface area contributed by atoms with Gasteiger partial charge in [-0.2, -0.15) is 0 Å². The van der Waals surface area contributed by atoms with Crippen LogP contribution < -0.4 is 0 Å². The van der Waals surface area contributed by atoms with Gasteiger partial charge >= 0.3 is 0 Å². The Kier molecular flexibility index (Phi) is 6.43. The Bertz CT molecular complexity index is 2560. The Balaban J connectivity index is 1.21. The molecule has 47 heavy (non-hydrogen) atoms. The van der Waals surface area contributed by atoms with E-state index in [-0.39, 0.29) is 0 Å². The molecular formula is C43H27N3O. The summed E-state index contributed by atoms with van der Waals surface area (Å²) in [5.41, 5.74) is 10.8. The predicted octanol–water partition coefficient (Wildman–Crippen LogP) is 11.3. The first kappa shape index (κ1) is 27.0. The van der Waals surface area contributed by atoms with Crippen LogP contribution in [0.5, 0.6) is 0 Å². The van der Waals surface area contributed by atoms with Crippen LogP contribution in [0, 0.1) is 0 Å². The molecule has 0 aliphatic rings. The minimum absolute atomic E-state index is 0.659. The molecule has 0 N–H and O–H groups in total. The molecule has 0 unspecified atom stereocenters. The third-order valence-electron chi connectivity index (χ3n) is 8.82. The second-order valence-electron chi connectivity index (χ2n) is 11.7. The van der Waals surface area contributed by atoms with E-state index in [0.717, 1.165) is 61.1 Å². The summed E-state index contributed by atoms with van der Waals surface area (Å²) in [5.74, 6) is 0.659. The molecule has 6 aromatic carbocycles. The Labute approximate surface area is 271 Å². The molecule has 0 aliphatic carbocycles. The lowest BCUT2D eigenvalue weighted by molar-refractivity contribution is 0.669. The van der Waals surface area contributed by atoms with E-state index in [0.29, 0.717) is 5.82 Å². The quantitative estimate of drug-likeness (QED) is 0.197. The summed E-state index contributed by atoms with van der Waals surface area (Å²) in [6.45, 7) is 0. The molecule has 9 aromatic rings. The first-order chi connectivity index (χ1) is 23.3. The number of benzene rings is 6. The third-order valence-corrected chi connectivity index (χ3v) is 8.82. The molecule has 3 aromatic heterocycles. The van der Waals surface area contributed by atoms with Gasteiger partial charge in [-0.1, -0.05) is 115 Å². The van der Waals surface area contributed by atoms with Crippen molar-refractivity contribution in [2.45, 2.75) is 0 Å². The fourth-order valence-corrected chi connectivity index (χ4v) is 6.50. The molecule has 0 atom stereocenters. The second kappa shape index (κ2) is 11.2. The number of furan rings is 1. The van der Waals surface area contributed by atoms with Crippen LogP contribution in [0.1, 0.15) is 0 Å². The van der Waals surface area contributed by atoms with Crippen LogP contribution in [-0.4, -0.2) is 15.0 Å². The highest BCUT2D eigenvalue weighted by Gasteiger charge is 2.16. The van der Waals surface area contributed by atoms with Gasteiger partial charge in [0.25, 0.3) is 0 Å². The molecule has 0 fully saturated rings. The van der Waals surface area contributed by atoms with Crippen molar-refractivity contribution in [1.29, 1.82) is 0 Å². The van der Waals surface area contributed by atoms with Gasteiger partial charge in [0, 0.05) is 45.4 Å². The van der Waals surface area contributed by atoms with Crippen LogP contribution in [-0.2, 0) is 0 Å². The zero-order valence-electron chi connectivity index (χ0n) is 25.3. The lowest BCUT2D eigenvalue weighted by Crippen LogP contribution is -1.97. The van der Waals surface area contributed by atoms with Crippen LogP contribution in [0.3, 0.4) is 0 Å². The maximum Gasteiger partial charge on any atom is 0.161 e. The first-order valence-corrected chi connectivity index (χ1v) is 15.7. The van der Waals surface area contributed by atoms with E-state index in [4.69, 9.17) is 14.4 Å². The summed E-state index contributed by atoms with van der Waals surface area (Å²) >= 11 is 0. The van der Waals surface area contributed by atoms with E-state index in [1.54, 1.807) is 6.20 Å². The van der Waals surface area contributed by atoms with Crippen LogP contribution in [0.4, 0.5) is 0 Å². The van der Waals surface area contributed by atoms with Gasteiger partial charge in [0.1, 0.15) is 11.2 Å². The summed E-state index contributed by atoms with van der Waals surface area (Å²) in [5, 5.41) is 4.62. The molecule has 0 saturated carbocycles. The van der Waals surface area contributed by atoms with Gasteiger partial charge in [0.15, 0.2) is 5.82 Å². The number of hydrogen-bond acceptors (Lipinski definition) is 4. The second-order valence-corrected chi connectivity index (χ2v) is 11.7. The largest absolute Gasteiger partial charge is 0.456 e. The summed E-state index contributed by atoms with van der Waals surface area (Å²) < 4.78 is 6.13. The lowest BCUT2D eigenvalue weighted by atomic mass is 9.96. The molecule has 220 valence electrons. The van der Waals surface area contributed by atoms with Crippen molar-refractivity contribution in [1.82, 2.24) is 15.0 Å². The summed E-state index contributed by atoms with van der Waals surface area (Å²) in [6, 6.07) is 52.5. The van der Waals surface area contributed by atoms with E-state index in [1.807, 2.05) is 48.7 Å². The number of para-hydroxylation sites is 1. The van der Waals surface area contributed by atoms with E-state index < -0.39 is 0 Å². The van der Waals surface area contributed by atoms with Gasteiger partial charge in [-0.25, -0.2) is 9.97 Å². The Morgan fingerprint density at radius 3 is 1.91 bits per heavy atom. The molecule has 0 saturated heterocycles. The molecule has 9 rings (SSSR count). The minimum atomic E-state index is 0.659. The maximum atomic E-state index is 6.13. The fraction of sp³-hybridized carbons (Fsp3) is 0. The van der Waals surface area contributed by atoms with Crippen LogP contribution in [0.25, 0.3) is 88.9 Å². The number of nitrogens with zero attached hydrogens (tertiary/aromatic N) is 3. The standard InChI is InChI=1S/C43H27N3O/c1-2-12-33-28(9-1)10-7-16-34(33)29-18-20-30(21-19-29)39-26-40(31-22-23-42-38(25-31)36-14-5-6-17-41(36)47-42)46-43(45-39)37-15-4-3-13-35(37)32-11-8-24-44-27-32/h1-27H. The highest BCUT2D eigenvalue weighted by molar-refractivity contribution is 6.06. The number of rotatable bonds is 5. The SMILES string of the molecule is c1cncc(-c2ccccc2-c2nc(-c3ccc(-c4cccc5ccccc45)cc3)cc(-c3ccc4oc5ccccc5c4c3)n2)c1. The average Bonchev–Trinajstić information content (AvgIpc) is 3.53. The topological polar surface area (TPSA) is 51.8 Å². The van der Waals surface area contributed by atoms with Crippen molar-refractivity contribution in [3.8, 4) is 56.2 Å². The number of pyridine rings is 1. The van der Waals surface area contributed by atoms with Gasteiger partial charge in [0.2, 0.25) is 0 Å². The monoisotopic (exact) mass is 601 g/mol. The van der Waals surface area contributed by atoms with E-state index in [9.17, 15) is 0 Å². The van der Waals surface area contributed by atoms with Crippen molar-refractivity contribution in [2.75, 3.05) is 0 Å². The Morgan fingerprint density at radius 2 is 1.06 bits per heavy atom. The van der Waals surface area contributed by atoms with Gasteiger partial charge in [0.05, 0.1) is 11.4 Å². The van der Waals surface area contributed by atoms with Gasteiger partial charge < -0.3 is 4.42 Å². The van der Waals surface area contributed by atoms with Gasteiger partial charge in [-0.3, -0.25) is 4.98 Å². The normalized spacial score (nSPS) is 11.4. The molecule has 4 nitrogen and oxygen atoms in total. The van der Waals surface area contributed by atoms with Crippen molar-refractivity contribution < 1.29 is 4.42 Å². The lowest BCUT2D eigenvalue weighted by Gasteiger charge is -2.13. The number of fused-ring (bicyclic) bond motifs is 4. The zero-order valence-corrected chi connectivity index (χ0v) is 25.3. The third kappa shape index (κ3) is 4.84. The van der Waals surface area contributed by atoms with Gasteiger partial charge in [-0.15, -0.1) is 0 Å². The average molecular weight is 602 g/mol. The first-order valence-electron chi connectivity index (χ1n) is 15.7. The molecule has 0 amide bonds. The van der Waals surface area contributed by atoms with E-state index in [1.165, 1.54) is 21.9 Å². The van der Waals surface area contributed by atoms with Crippen molar-refractivity contribution in [3.05, 3.63) is 164 Å². The molecule has 0 aliphatic heterocycles. The molecule has 0 bridgehead atoms. The highest BCUT2D eigenvalue weighted by Crippen LogP contribution is 2.37. The van der Waals surface area contributed by atoms with Gasteiger partial charge in [-0.05, 0) is 63.9 Å². The number of hydrogen-bond donors (Lipinski definition) is 0. The molecule has 0 spiro atoms. The van der Waals surface area contributed by atoms with Crippen LogP contribution in [0.15, 0.2) is 168 Å². The number of aromatic nitrogens is 3. The van der Waals surface area contributed by atoms with Crippen LogP contribution >= 0.6 is 0 Å². The summed E-state index contributed by atoms with van der Waals surface area (Å²) in [4.78, 5) is 14.8. The Hall–Kier alpha value is -6.39. The fourth-order valence-electron chi connectivity index (χ4n) is 6.50. The predicted molar refractivity (Wildman–Crippen MR) is 192 cm³/mol. The highest BCUT2D eigenvalue weighted by atomic mass is 16.3. The smallest absolute Gasteiger partial charge is 0.161 e. The maximum absolute atomic E-state index is 6.13. The van der Waals surface area contributed by atoms with E-state index in [2.05, 4.69) is 114 Å². The minimum Gasteiger partial charge on any atom is -0.456 e. The van der Waals surface area contributed by atoms with E-state index >= 15 is 0 Å². The van der Waals surface area contributed by atoms with Crippen molar-refractivity contribution in [3.63, 3.8) is 0 Å².